The van der Waals surface area contributed by atoms with Crippen LogP contribution in [0.15, 0.2) is 29.3 Å². The zero-order valence-electron chi connectivity index (χ0n) is 18.7. The van der Waals surface area contributed by atoms with Crippen molar-refractivity contribution in [3.05, 3.63) is 34.9 Å². The Balaban J connectivity index is 0.00000450. The minimum atomic E-state index is 0. The van der Waals surface area contributed by atoms with Gasteiger partial charge in [0.1, 0.15) is 0 Å². The minimum absolute atomic E-state index is 0. The summed E-state index contributed by atoms with van der Waals surface area (Å²) in [6.45, 7) is 9.53. The van der Waals surface area contributed by atoms with E-state index in [4.69, 9.17) is 11.6 Å². The number of benzene rings is 1. The molecule has 1 N–H and O–H groups in total. The molecule has 1 saturated heterocycles. The summed E-state index contributed by atoms with van der Waals surface area (Å²) in [5.41, 5.74) is 0.963. The summed E-state index contributed by atoms with van der Waals surface area (Å²) in [5, 5.41) is 4.14. The fourth-order valence-electron chi connectivity index (χ4n) is 3.38. The quantitative estimate of drug-likeness (QED) is 0.234. The lowest BCUT2D eigenvalue weighted by Crippen LogP contribution is -2.54. The number of halogens is 2. The molecule has 1 amide bonds. The van der Waals surface area contributed by atoms with Crippen LogP contribution in [-0.2, 0) is 11.2 Å². The first-order valence-corrected chi connectivity index (χ1v) is 11.0. The molecule has 1 aliphatic rings. The summed E-state index contributed by atoms with van der Waals surface area (Å²) >= 11 is 6.02. The van der Waals surface area contributed by atoms with Crippen molar-refractivity contribution in [2.24, 2.45) is 4.99 Å². The molecule has 0 unspecified atom stereocenters. The maximum absolute atomic E-state index is 12.6. The molecule has 1 heterocycles. The van der Waals surface area contributed by atoms with Crippen molar-refractivity contribution in [1.29, 1.82) is 0 Å². The van der Waals surface area contributed by atoms with Crippen molar-refractivity contribution in [3.63, 3.8) is 0 Å². The molecule has 6 nitrogen and oxygen atoms in total. The molecule has 2 rings (SSSR count). The summed E-state index contributed by atoms with van der Waals surface area (Å²) in [7, 11) is 4.00. The number of piperazine rings is 1. The predicted octanol–water partition coefficient (Wildman–Crippen LogP) is 3.34. The van der Waals surface area contributed by atoms with Gasteiger partial charge < -0.3 is 20.0 Å². The van der Waals surface area contributed by atoms with Gasteiger partial charge in [-0.1, -0.05) is 23.7 Å². The average Bonchev–Trinajstić information content (AvgIpc) is 2.70. The van der Waals surface area contributed by atoms with Crippen LogP contribution < -0.4 is 5.32 Å². The highest BCUT2D eigenvalue weighted by atomic mass is 127. The molecular formula is C22H37ClIN5O. The van der Waals surface area contributed by atoms with Crippen molar-refractivity contribution in [2.75, 3.05) is 53.4 Å². The van der Waals surface area contributed by atoms with E-state index in [1.165, 1.54) is 6.42 Å². The number of amides is 1. The molecule has 1 fully saturated rings. The van der Waals surface area contributed by atoms with Crippen molar-refractivity contribution in [1.82, 2.24) is 20.0 Å². The first kappa shape index (κ1) is 27.0. The van der Waals surface area contributed by atoms with Gasteiger partial charge in [-0.15, -0.1) is 24.0 Å². The SMILES string of the molecule is CN=C(NCCCCN(C)C(C)C)N1CCN(C(=O)Cc2cccc(Cl)c2)CC1.I. The zero-order valence-corrected chi connectivity index (χ0v) is 21.8. The number of nitrogens with one attached hydrogen (secondary N) is 1. The van der Waals surface area contributed by atoms with Gasteiger partial charge in [-0.2, -0.15) is 0 Å². The summed E-state index contributed by atoms with van der Waals surface area (Å²) in [4.78, 5) is 23.6. The van der Waals surface area contributed by atoms with Crippen LogP contribution >= 0.6 is 35.6 Å². The number of aliphatic imine (C=N–C) groups is 1. The zero-order chi connectivity index (χ0) is 21.2. The number of carbonyl (C=O) groups excluding carboxylic acids is 1. The highest BCUT2D eigenvalue weighted by Gasteiger charge is 2.23. The van der Waals surface area contributed by atoms with Crippen LogP contribution in [0.25, 0.3) is 0 Å². The van der Waals surface area contributed by atoms with Crippen LogP contribution in [0.4, 0.5) is 0 Å². The van der Waals surface area contributed by atoms with Crippen LogP contribution in [0.3, 0.4) is 0 Å². The van der Waals surface area contributed by atoms with E-state index in [1.54, 1.807) is 0 Å². The smallest absolute Gasteiger partial charge is 0.227 e. The monoisotopic (exact) mass is 549 g/mol. The molecule has 0 bridgehead atoms. The van der Waals surface area contributed by atoms with Gasteiger partial charge in [0.15, 0.2) is 5.96 Å². The van der Waals surface area contributed by atoms with E-state index in [2.05, 4.69) is 41.0 Å². The molecule has 1 aliphatic heterocycles. The van der Waals surface area contributed by atoms with Gasteiger partial charge in [-0.3, -0.25) is 9.79 Å². The summed E-state index contributed by atoms with van der Waals surface area (Å²) in [6, 6.07) is 8.12. The van der Waals surface area contributed by atoms with E-state index in [0.29, 0.717) is 17.5 Å². The Hall–Kier alpha value is -1.06. The van der Waals surface area contributed by atoms with Gasteiger partial charge >= 0.3 is 0 Å². The highest BCUT2D eigenvalue weighted by Crippen LogP contribution is 2.13. The second kappa shape index (κ2) is 14.1. The second-order valence-electron chi connectivity index (χ2n) is 7.93. The van der Waals surface area contributed by atoms with E-state index in [-0.39, 0.29) is 29.9 Å². The molecule has 8 heteroatoms. The molecule has 30 heavy (non-hydrogen) atoms. The number of hydrogen-bond acceptors (Lipinski definition) is 3. The van der Waals surface area contributed by atoms with Gasteiger partial charge in [-0.05, 0) is 58.0 Å². The Kier molecular flexibility index (Phi) is 12.7. The third-order valence-electron chi connectivity index (χ3n) is 5.49. The largest absolute Gasteiger partial charge is 0.356 e. The van der Waals surface area contributed by atoms with Crippen LogP contribution in [0.5, 0.6) is 0 Å². The van der Waals surface area contributed by atoms with E-state index >= 15 is 0 Å². The number of nitrogens with zero attached hydrogens (tertiary/aromatic N) is 4. The molecule has 1 aromatic carbocycles. The number of hydrogen-bond donors (Lipinski definition) is 1. The Labute approximate surface area is 204 Å². The number of carbonyl (C=O) groups is 1. The second-order valence-corrected chi connectivity index (χ2v) is 8.37. The van der Waals surface area contributed by atoms with E-state index < -0.39 is 0 Å². The van der Waals surface area contributed by atoms with Gasteiger partial charge in [0.25, 0.3) is 0 Å². The van der Waals surface area contributed by atoms with Crippen LogP contribution in [0, 0.1) is 0 Å². The maximum atomic E-state index is 12.6. The van der Waals surface area contributed by atoms with Crippen molar-refractivity contribution >= 4 is 47.4 Å². The van der Waals surface area contributed by atoms with Crippen molar-refractivity contribution < 1.29 is 4.79 Å². The minimum Gasteiger partial charge on any atom is -0.356 e. The van der Waals surface area contributed by atoms with E-state index in [9.17, 15) is 4.79 Å². The molecule has 0 aliphatic carbocycles. The third-order valence-corrected chi connectivity index (χ3v) is 5.73. The van der Waals surface area contributed by atoms with Crippen LogP contribution in [-0.4, -0.2) is 86.0 Å². The molecule has 0 radical (unpaired) electrons. The summed E-state index contributed by atoms with van der Waals surface area (Å²) in [5.74, 6) is 1.09. The fraction of sp³-hybridized carbons (Fsp3) is 0.636. The number of unbranched alkanes of at least 4 members (excludes halogenated alkanes) is 1. The van der Waals surface area contributed by atoms with E-state index in [1.807, 2.05) is 36.2 Å². The van der Waals surface area contributed by atoms with Crippen molar-refractivity contribution in [2.45, 2.75) is 39.2 Å². The van der Waals surface area contributed by atoms with Gasteiger partial charge in [-0.25, -0.2) is 0 Å². The molecular weight excluding hydrogens is 513 g/mol. The Bertz CT molecular complexity index is 677. The van der Waals surface area contributed by atoms with Gasteiger partial charge in [0, 0.05) is 50.8 Å². The maximum Gasteiger partial charge on any atom is 0.227 e. The molecule has 0 spiro atoms. The standard InChI is InChI=1S/C22H36ClN5O.HI/c1-18(2)26(4)11-6-5-10-25-22(24-3)28-14-12-27(13-15-28)21(29)17-19-8-7-9-20(23)16-19;/h7-9,16,18H,5-6,10-15,17H2,1-4H3,(H,24,25);1H. The first-order valence-electron chi connectivity index (χ1n) is 10.6. The normalized spacial score (nSPS) is 14.8. The molecule has 0 aromatic heterocycles. The molecule has 0 saturated carbocycles. The van der Waals surface area contributed by atoms with E-state index in [0.717, 1.165) is 57.2 Å². The predicted molar refractivity (Wildman–Crippen MR) is 137 cm³/mol. The number of rotatable bonds is 8. The summed E-state index contributed by atoms with van der Waals surface area (Å²) < 4.78 is 0. The first-order chi connectivity index (χ1) is 13.9. The lowest BCUT2D eigenvalue weighted by atomic mass is 10.1. The highest BCUT2D eigenvalue weighted by molar-refractivity contribution is 14.0. The topological polar surface area (TPSA) is 51.2 Å². The van der Waals surface area contributed by atoms with Crippen molar-refractivity contribution in [3.8, 4) is 0 Å². The summed E-state index contributed by atoms with van der Waals surface area (Å²) in [6.07, 6.45) is 2.69. The average molecular weight is 550 g/mol. The third kappa shape index (κ3) is 8.98. The Morgan fingerprint density at radius 3 is 2.47 bits per heavy atom. The van der Waals surface area contributed by atoms with Crippen LogP contribution in [0.2, 0.25) is 5.02 Å². The Morgan fingerprint density at radius 2 is 1.87 bits per heavy atom. The van der Waals surface area contributed by atoms with Crippen LogP contribution in [0.1, 0.15) is 32.3 Å². The fourth-order valence-corrected chi connectivity index (χ4v) is 3.59. The lowest BCUT2D eigenvalue weighted by Gasteiger charge is -2.36. The molecule has 0 atom stereocenters. The lowest BCUT2D eigenvalue weighted by molar-refractivity contribution is -0.131. The Morgan fingerprint density at radius 1 is 1.20 bits per heavy atom. The van der Waals surface area contributed by atoms with Gasteiger partial charge in [0.2, 0.25) is 5.91 Å². The molecule has 170 valence electrons. The molecule has 1 aromatic rings. The van der Waals surface area contributed by atoms with Gasteiger partial charge in [0.05, 0.1) is 6.42 Å². The number of guanidine groups is 1.